The van der Waals surface area contributed by atoms with Crippen molar-refractivity contribution in [3.63, 3.8) is 0 Å². The van der Waals surface area contributed by atoms with Crippen LogP contribution in [0.3, 0.4) is 0 Å². The molecule has 10 nitrogen and oxygen atoms in total. The van der Waals surface area contributed by atoms with Crippen molar-refractivity contribution in [2.24, 2.45) is 0 Å². The Morgan fingerprint density at radius 1 is 1.09 bits per heavy atom. The lowest BCUT2D eigenvalue weighted by Crippen LogP contribution is -2.47. The van der Waals surface area contributed by atoms with E-state index in [9.17, 15) is 10.1 Å². The van der Waals surface area contributed by atoms with Crippen LogP contribution in [-0.2, 0) is 0 Å². The van der Waals surface area contributed by atoms with E-state index >= 15 is 0 Å². The monoisotopic (exact) mass is 316 g/mol. The van der Waals surface area contributed by atoms with Crippen molar-refractivity contribution in [3.8, 4) is 0 Å². The summed E-state index contributed by atoms with van der Waals surface area (Å²) in [7, 11) is 0. The highest BCUT2D eigenvalue weighted by Crippen LogP contribution is 2.30. The molecule has 2 N–H and O–H groups in total. The zero-order chi connectivity index (χ0) is 16.4. The summed E-state index contributed by atoms with van der Waals surface area (Å²) >= 11 is 0. The second-order valence-electron chi connectivity index (χ2n) is 5.18. The number of nitro groups is 1. The Balaban J connectivity index is 1.77. The van der Waals surface area contributed by atoms with E-state index in [4.69, 9.17) is 5.73 Å². The summed E-state index contributed by atoms with van der Waals surface area (Å²) in [4.78, 5) is 30.7. The molecule has 0 aromatic carbocycles. The van der Waals surface area contributed by atoms with Crippen LogP contribution in [0.5, 0.6) is 0 Å². The summed E-state index contributed by atoms with van der Waals surface area (Å²) < 4.78 is 0. The molecule has 10 heteroatoms. The minimum atomic E-state index is -0.537. The predicted octanol–water partition coefficient (Wildman–Crippen LogP) is 0.392. The minimum Gasteiger partial charge on any atom is -0.378 e. The SMILES string of the molecule is Cc1cc(N2CCN(c3ncnc(N)c3[N+](=O)[O-])CC2)ncn1. The molecule has 0 saturated carbocycles. The molecule has 23 heavy (non-hydrogen) atoms. The van der Waals surface area contributed by atoms with Gasteiger partial charge >= 0.3 is 5.69 Å². The van der Waals surface area contributed by atoms with Crippen LogP contribution in [-0.4, -0.2) is 51.0 Å². The van der Waals surface area contributed by atoms with Crippen LogP contribution in [0.1, 0.15) is 5.69 Å². The fourth-order valence-corrected chi connectivity index (χ4v) is 2.55. The molecule has 3 rings (SSSR count). The van der Waals surface area contributed by atoms with Crippen LogP contribution in [0.25, 0.3) is 0 Å². The maximum Gasteiger partial charge on any atom is 0.353 e. The van der Waals surface area contributed by atoms with Gasteiger partial charge < -0.3 is 15.5 Å². The average Bonchev–Trinajstić information content (AvgIpc) is 2.54. The summed E-state index contributed by atoms with van der Waals surface area (Å²) in [6.45, 7) is 4.43. The van der Waals surface area contributed by atoms with Crippen LogP contribution in [0.4, 0.5) is 23.1 Å². The van der Waals surface area contributed by atoms with E-state index in [2.05, 4.69) is 24.8 Å². The van der Waals surface area contributed by atoms with Gasteiger partial charge in [-0.15, -0.1) is 0 Å². The zero-order valence-electron chi connectivity index (χ0n) is 12.6. The molecule has 0 spiro atoms. The second kappa shape index (κ2) is 5.99. The summed E-state index contributed by atoms with van der Waals surface area (Å²) in [5.41, 5.74) is 6.28. The number of nitrogen functional groups attached to an aromatic ring is 1. The molecule has 1 fully saturated rings. The van der Waals surface area contributed by atoms with E-state index in [0.717, 1.165) is 11.5 Å². The third-order valence-electron chi connectivity index (χ3n) is 3.71. The van der Waals surface area contributed by atoms with Gasteiger partial charge in [-0.2, -0.15) is 0 Å². The van der Waals surface area contributed by atoms with Gasteiger partial charge in [-0.05, 0) is 6.92 Å². The summed E-state index contributed by atoms with van der Waals surface area (Å²) in [5, 5.41) is 11.2. The highest BCUT2D eigenvalue weighted by Gasteiger charge is 2.28. The van der Waals surface area contributed by atoms with Crippen molar-refractivity contribution in [1.82, 2.24) is 19.9 Å². The van der Waals surface area contributed by atoms with Gasteiger partial charge in [0.1, 0.15) is 18.5 Å². The molecule has 120 valence electrons. The van der Waals surface area contributed by atoms with Crippen LogP contribution < -0.4 is 15.5 Å². The van der Waals surface area contributed by atoms with E-state index in [1.165, 1.54) is 12.7 Å². The number of aryl methyl sites for hydroxylation is 1. The van der Waals surface area contributed by atoms with Crippen molar-refractivity contribution in [2.75, 3.05) is 41.7 Å². The molecule has 0 unspecified atom stereocenters. The third kappa shape index (κ3) is 2.96. The van der Waals surface area contributed by atoms with Gasteiger partial charge in [0, 0.05) is 37.9 Å². The van der Waals surface area contributed by atoms with E-state index in [-0.39, 0.29) is 17.3 Å². The Bertz CT molecular complexity index is 730. The quantitative estimate of drug-likeness (QED) is 0.631. The highest BCUT2D eigenvalue weighted by molar-refractivity contribution is 5.68. The summed E-state index contributed by atoms with van der Waals surface area (Å²) in [6.07, 6.45) is 2.78. The first-order valence-corrected chi connectivity index (χ1v) is 7.09. The van der Waals surface area contributed by atoms with E-state index in [1.807, 2.05) is 17.9 Å². The number of nitrogens with two attached hydrogens (primary N) is 1. The Hall–Kier alpha value is -3.04. The van der Waals surface area contributed by atoms with Crippen molar-refractivity contribution in [3.05, 3.63) is 34.5 Å². The van der Waals surface area contributed by atoms with Crippen LogP contribution in [0, 0.1) is 17.0 Å². The lowest BCUT2D eigenvalue weighted by Gasteiger charge is -2.35. The summed E-state index contributed by atoms with van der Waals surface area (Å²) in [6, 6.07) is 1.92. The number of aromatic nitrogens is 4. The fraction of sp³-hybridized carbons (Fsp3) is 0.385. The fourth-order valence-electron chi connectivity index (χ4n) is 2.55. The van der Waals surface area contributed by atoms with Crippen LogP contribution >= 0.6 is 0 Å². The van der Waals surface area contributed by atoms with Crippen molar-refractivity contribution in [1.29, 1.82) is 0 Å². The van der Waals surface area contributed by atoms with Crippen molar-refractivity contribution in [2.45, 2.75) is 6.92 Å². The largest absolute Gasteiger partial charge is 0.378 e. The molecule has 3 heterocycles. The molecule has 1 aliphatic rings. The normalized spacial score (nSPS) is 14.8. The average molecular weight is 316 g/mol. The van der Waals surface area contributed by atoms with Gasteiger partial charge in [0.25, 0.3) is 0 Å². The van der Waals surface area contributed by atoms with Crippen LogP contribution in [0.2, 0.25) is 0 Å². The molecular weight excluding hydrogens is 300 g/mol. The van der Waals surface area contributed by atoms with Crippen molar-refractivity contribution < 1.29 is 4.92 Å². The lowest BCUT2D eigenvalue weighted by molar-refractivity contribution is -0.383. The van der Waals surface area contributed by atoms with Gasteiger partial charge in [0.2, 0.25) is 11.6 Å². The van der Waals surface area contributed by atoms with E-state index in [1.54, 1.807) is 0 Å². The van der Waals surface area contributed by atoms with Gasteiger partial charge in [0.05, 0.1) is 4.92 Å². The van der Waals surface area contributed by atoms with E-state index < -0.39 is 4.92 Å². The first kappa shape index (κ1) is 14.9. The van der Waals surface area contributed by atoms with Gasteiger partial charge in [0.15, 0.2) is 0 Å². The number of nitrogens with zero attached hydrogens (tertiary/aromatic N) is 7. The first-order valence-electron chi connectivity index (χ1n) is 7.09. The van der Waals surface area contributed by atoms with E-state index in [0.29, 0.717) is 26.2 Å². The second-order valence-corrected chi connectivity index (χ2v) is 5.18. The Morgan fingerprint density at radius 2 is 1.74 bits per heavy atom. The van der Waals surface area contributed by atoms with Gasteiger partial charge in [-0.25, -0.2) is 19.9 Å². The standard InChI is InChI=1S/C13H16N8O2/c1-9-6-10(16-7-15-9)19-2-4-20(5-3-19)13-11(21(22)23)12(14)17-8-18-13/h6-8H,2-5H2,1H3,(H2,14,17,18). The zero-order valence-corrected chi connectivity index (χ0v) is 12.6. The number of piperazine rings is 1. The number of rotatable bonds is 3. The molecule has 0 aliphatic carbocycles. The molecule has 1 aliphatic heterocycles. The molecule has 2 aromatic rings. The molecule has 0 amide bonds. The lowest BCUT2D eigenvalue weighted by atomic mass is 10.2. The molecule has 1 saturated heterocycles. The number of anilines is 3. The first-order chi connectivity index (χ1) is 11.1. The maximum atomic E-state index is 11.2. The Labute approximate surface area is 132 Å². The van der Waals surface area contributed by atoms with Crippen molar-refractivity contribution >= 4 is 23.1 Å². The Morgan fingerprint density at radius 3 is 2.39 bits per heavy atom. The Kier molecular flexibility index (Phi) is 3.87. The minimum absolute atomic E-state index is 0.117. The topological polar surface area (TPSA) is 127 Å². The van der Waals surface area contributed by atoms with Crippen LogP contribution in [0.15, 0.2) is 18.7 Å². The number of hydrogen-bond acceptors (Lipinski definition) is 9. The number of hydrogen-bond donors (Lipinski definition) is 1. The van der Waals surface area contributed by atoms with Gasteiger partial charge in [-0.3, -0.25) is 10.1 Å². The summed E-state index contributed by atoms with van der Waals surface area (Å²) in [5.74, 6) is 1.00. The molecule has 2 aromatic heterocycles. The highest BCUT2D eigenvalue weighted by atomic mass is 16.6. The smallest absolute Gasteiger partial charge is 0.353 e. The third-order valence-corrected chi connectivity index (χ3v) is 3.71. The molecule has 0 bridgehead atoms. The molecular formula is C13H16N8O2. The molecule has 0 atom stereocenters. The predicted molar refractivity (Wildman–Crippen MR) is 84.3 cm³/mol. The van der Waals surface area contributed by atoms with Gasteiger partial charge in [-0.1, -0.05) is 0 Å². The molecule has 0 radical (unpaired) electrons. The maximum absolute atomic E-state index is 11.2.